The predicted octanol–water partition coefficient (Wildman–Crippen LogP) is 16.3. The number of ether oxygens (including phenoxy) is 1. The van der Waals surface area contributed by atoms with E-state index in [-0.39, 0.29) is 55.0 Å². The minimum Gasteiger partial charge on any atom is -0.510 e. The maximum atomic E-state index is 10.6. The molecule has 0 aliphatic heterocycles. The Bertz CT molecular complexity index is 8260. The van der Waals surface area contributed by atoms with Crippen LogP contribution in [0.4, 0.5) is 0 Å². The number of pyridine rings is 1. The largest absolute Gasteiger partial charge is 0.510 e. The van der Waals surface area contributed by atoms with Crippen LogP contribution in [0.2, 0.25) is 0 Å². The minimum atomic E-state index is -7.43. The molecule has 101 heavy (non-hydrogen) atoms. The summed E-state index contributed by atoms with van der Waals surface area (Å²) in [5.41, 5.74) is -8.18. The zero-order valence-electron chi connectivity index (χ0n) is 99.6. The first kappa shape index (κ1) is 30.1. The molecule has 0 saturated carbocycles. The van der Waals surface area contributed by atoms with Crippen molar-refractivity contribution in [1.29, 1.82) is 0 Å². The van der Waals surface area contributed by atoms with Gasteiger partial charge >= 0.3 is 0 Å². The van der Waals surface area contributed by atoms with Gasteiger partial charge in [-0.15, -0.1) is 29.7 Å². The van der Waals surface area contributed by atoms with Gasteiger partial charge in [0.05, 0.1) is 70.2 Å². The van der Waals surface area contributed by atoms with Crippen molar-refractivity contribution in [2.75, 3.05) is 0 Å². The van der Waals surface area contributed by atoms with Gasteiger partial charge in [0, 0.05) is 62.2 Å². The quantitative estimate of drug-likeness (QED) is 0.0418. The van der Waals surface area contributed by atoms with E-state index in [4.69, 9.17) is 25.3 Å². The molecule has 486 valence electrons. The van der Waals surface area contributed by atoms with Crippen molar-refractivity contribution in [2.45, 2.75) is 20.6 Å². The van der Waals surface area contributed by atoms with E-state index in [9.17, 15) is 45.2 Å². The van der Waals surface area contributed by atoms with Crippen LogP contribution in [0, 0.1) is 39.0 Å². The van der Waals surface area contributed by atoms with Crippen molar-refractivity contribution in [2.24, 2.45) is 0 Å². The van der Waals surface area contributed by atoms with Crippen LogP contribution in [0.25, 0.3) is 83.4 Å². The van der Waals surface area contributed by atoms with Gasteiger partial charge in [-0.25, -0.2) is 4.98 Å². The minimum absolute atomic E-state index is 0. The molecular formula is C93H68N4OPtSi2-2. The van der Waals surface area contributed by atoms with Gasteiger partial charge in [0.15, 0.2) is 16.1 Å². The monoisotopic (exact) mass is 1560 g/mol. The van der Waals surface area contributed by atoms with Gasteiger partial charge in [-0.1, -0.05) is 308 Å². The van der Waals surface area contributed by atoms with Crippen LogP contribution < -0.4 is 50.8 Å². The normalized spacial score (nSPS) is 18.7. The zero-order valence-corrected chi connectivity index (χ0v) is 55.8. The zero-order chi connectivity index (χ0) is 109. The number of benzene rings is 14. The van der Waals surface area contributed by atoms with E-state index in [2.05, 4.69) is 23.4 Å². The van der Waals surface area contributed by atoms with Crippen LogP contribution >= 0.6 is 0 Å². The molecule has 0 amide bonds. The number of hydrogen-bond donors (Lipinski definition) is 0. The third-order valence-electron chi connectivity index (χ3n) is 16.9. The molecule has 8 heteroatoms. The summed E-state index contributed by atoms with van der Waals surface area (Å²) >= 11 is 0. The first-order chi connectivity index (χ1) is 69.1. The Morgan fingerprint density at radius 2 is 0.931 bits per heavy atom. The fourth-order valence-electron chi connectivity index (χ4n) is 12.8. The van der Waals surface area contributed by atoms with Crippen LogP contribution in [-0.4, -0.2) is 30.3 Å². The van der Waals surface area contributed by atoms with Gasteiger partial charge in [-0.2, -0.15) is 18.2 Å². The van der Waals surface area contributed by atoms with Crippen LogP contribution in [0.15, 0.2) is 357 Å². The molecule has 0 aliphatic carbocycles. The summed E-state index contributed by atoms with van der Waals surface area (Å²) in [5, 5.41) is -9.83. The summed E-state index contributed by atoms with van der Waals surface area (Å²) in [6.45, 7) is -9.63. The predicted molar refractivity (Wildman–Crippen MR) is 418 cm³/mol. The van der Waals surface area contributed by atoms with Gasteiger partial charge < -0.3 is 13.9 Å². The van der Waals surface area contributed by atoms with Crippen molar-refractivity contribution in [1.82, 2.24) is 14.1 Å². The van der Waals surface area contributed by atoms with Gasteiger partial charge in [0.1, 0.15) is 5.82 Å². The third-order valence-corrected chi connectivity index (χ3v) is 25.4. The Morgan fingerprint density at radius 1 is 0.416 bits per heavy atom. The van der Waals surface area contributed by atoms with E-state index in [1.54, 1.807) is 30.3 Å². The molecule has 0 fully saturated rings. The average molecular weight is 1560 g/mol. The maximum absolute atomic E-state index is 10.6. The van der Waals surface area contributed by atoms with Crippen molar-refractivity contribution in [3.63, 3.8) is 0 Å². The molecular weight excluding hydrogens is 1440 g/mol. The smallest absolute Gasteiger partial charge is 0.268 e. The number of aryl methyl sites for hydroxylation is 3. The standard InChI is InChI=1S/C93H68N4OSi2.Pt/c1-66-32-30-33-67(2)92(66)71-54-57-86-88(59-71)95(73-38-31-39-74(62-73)98-75-55-56-83-82-52-28-29-53-85(82)97(87(83)63-75)91-58-68(3)84(64-94-91)70-36-14-5-15-37-70)65-96(86)93-89(99(76-40-16-6-17-41-76,77-42-18-7-19-43-77)78-44-20-8-21-45-78)60-72(69-34-12-4-13-35-69)61-90(93)100(79-46-22-9-23-47-79,80-48-24-10-25-49-80)81-50-26-11-27-51-81;/h4-61,64H,1-3H3;/q-2;/i1D3,2D3,3D3,4D,5D,6D,7D,8D,9D,10D,11D,12D,13D,14D,15D,16D,17D,18D,19D,20D,21D,22D,23D,24D,25D,26D,27D,34D,35D,36D,37D,40D,41D,42D,43D,44D,45D,46D,47D,48D,49D,50D;. The number of fused-ring (bicyclic) bond motifs is 4. The van der Waals surface area contributed by atoms with Crippen LogP contribution in [0.1, 0.15) is 82.5 Å². The van der Waals surface area contributed by atoms with Crippen LogP contribution in [-0.2, 0) is 21.1 Å². The van der Waals surface area contributed by atoms with Gasteiger partial charge in [-0.05, 0) is 136 Å². The molecule has 17 aromatic rings. The Hall–Kier alpha value is -11.6. The molecule has 0 unspecified atom stereocenters. The molecule has 14 aromatic carbocycles. The van der Waals surface area contributed by atoms with Crippen molar-refractivity contribution >= 4 is 90.5 Å². The summed E-state index contributed by atoms with van der Waals surface area (Å²) < 4.78 is 473. The Kier molecular flexibility index (Phi) is 8.12. The number of imidazole rings is 1. The van der Waals surface area contributed by atoms with Gasteiger partial charge in [0.25, 0.3) is 6.33 Å². The van der Waals surface area contributed by atoms with Crippen LogP contribution in [0.5, 0.6) is 11.5 Å². The fourth-order valence-corrected chi connectivity index (χ4v) is 21.1. The van der Waals surface area contributed by atoms with Crippen LogP contribution in [0.3, 0.4) is 0 Å². The second kappa shape index (κ2) is 27.3. The maximum Gasteiger partial charge on any atom is 0.268 e. The molecule has 0 atom stereocenters. The summed E-state index contributed by atoms with van der Waals surface area (Å²) in [4.78, 5) is 4.66. The second-order valence-electron chi connectivity index (χ2n) is 22.2. The summed E-state index contributed by atoms with van der Waals surface area (Å²) in [7, 11) is -14.7. The van der Waals surface area contributed by atoms with E-state index in [1.807, 2.05) is 0 Å². The van der Waals surface area contributed by atoms with E-state index in [1.165, 1.54) is 28.8 Å². The van der Waals surface area contributed by atoms with Gasteiger partial charge in [-0.3, -0.25) is 4.57 Å². The van der Waals surface area contributed by atoms with E-state index >= 15 is 0 Å². The Labute approximate surface area is 674 Å². The third kappa shape index (κ3) is 11.2. The Morgan fingerprint density at radius 3 is 1.51 bits per heavy atom. The number of para-hydroxylation sites is 1. The summed E-state index contributed by atoms with van der Waals surface area (Å²) in [6.07, 6.45) is 4.18. The van der Waals surface area contributed by atoms with E-state index in [0.717, 1.165) is 63.9 Å². The second-order valence-corrected chi connectivity index (χ2v) is 29.3. The molecule has 0 radical (unpaired) electrons. The molecule has 0 N–H and O–H groups in total. The first-order valence-corrected chi connectivity index (χ1v) is 34.2. The van der Waals surface area contributed by atoms with Gasteiger partial charge in [0.2, 0.25) is 0 Å². The fraction of sp³-hybridized carbons (Fsp3) is 0.0323. The number of nitrogens with zero attached hydrogens (tertiary/aromatic N) is 4. The molecule has 3 heterocycles. The number of hydrogen-bond acceptors (Lipinski definition) is 2. The van der Waals surface area contributed by atoms with Crippen molar-refractivity contribution in [3.05, 3.63) is 392 Å². The number of rotatable bonds is 16. The van der Waals surface area contributed by atoms with Crippen molar-refractivity contribution in [3.8, 4) is 62.1 Å². The molecule has 17 rings (SSSR count). The molecule has 0 bridgehead atoms. The summed E-state index contributed by atoms with van der Waals surface area (Å²) in [5.74, 6) is -0.731. The van der Waals surface area contributed by atoms with E-state index < -0.39 is 375 Å². The van der Waals surface area contributed by atoms with Crippen molar-refractivity contribution < 1.29 is 96.2 Å². The molecule has 0 saturated heterocycles. The first-order valence-electron chi connectivity index (χ1n) is 54.2. The molecule has 0 aliphatic rings. The average Bonchev–Trinajstić information content (AvgIpc) is 1.41. The SMILES string of the molecule is [2H]c1cc([Si](c2cc(-c3c([2H])c([2H])c([2H])c([2H])c3[2H])cc([Si](c3c([2H])c([2H])c([2H])c([2H])c3[2H])(c3c([2H])c([2H])c([2H])c([2H])c3[2H])c3c([2H])c([2H])c([2H])c([2H])c3[2H])c2-[n+]2[c-]n(-c3[c-]c(Oc4[c-]c5c(cc4)c4ccccc4n5-c4cc(C([2H])([2H])[2H])c(-c5c([2H])c([2H])c([2H])c([2H])c5[2H])cn4)ccc3)c3cc(-c4c(C([2H])([2H])[2H])cccc4C([2H])([2H])[2H])ccc32)(c2c([2H])c([2H])c([2H])c([2H])c2[2H])c2c([2H])c([2H])c([2H])c([2H])c2[2H])c([2H])c([2H])c1[2H].[Pt]. The molecule has 5 nitrogen and oxygen atoms in total. The Balaban J connectivity index is 0.0000158. The topological polar surface area (TPSA) is 35.9 Å². The van der Waals surface area contributed by atoms with E-state index in [0.29, 0.717) is 28.4 Å². The summed E-state index contributed by atoms with van der Waals surface area (Å²) in [6, 6.07) is -22.0. The number of aromatic nitrogens is 4. The molecule has 3 aromatic heterocycles. The molecule has 0 spiro atoms.